The first-order chi connectivity index (χ1) is 14.0. The fourth-order valence-electron chi connectivity index (χ4n) is 3.36. The lowest BCUT2D eigenvalue weighted by Crippen LogP contribution is -3.11. The lowest BCUT2D eigenvalue weighted by atomic mass is 10.3. The van der Waals surface area contributed by atoms with E-state index >= 15 is 0 Å². The molecule has 2 aromatic rings. The highest BCUT2D eigenvalue weighted by atomic mass is 16.5. The van der Waals surface area contributed by atoms with Gasteiger partial charge < -0.3 is 19.9 Å². The van der Waals surface area contributed by atoms with Crippen molar-refractivity contribution in [2.75, 3.05) is 63.6 Å². The summed E-state index contributed by atoms with van der Waals surface area (Å²) < 4.78 is 5.11. The number of carbonyl (C=O) groups is 2. The molecule has 0 spiro atoms. The van der Waals surface area contributed by atoms with Crippen LogP contribution in [-0.4, -0.2) is 70.1 Å². The molecule has 0 radical (unpaired) electrons. The van der Waals surface area contributed by atoms with Gasteiger partial charge in [0.15, 0.2) is 13.1 Å². The number of methoxy groups -OCH3 is 1. The predicted molar refractivity (Wildman–Crippen MR) is 110 cm³/mol. The monoisotopic (exact) mass is 399 g/mol. The van der Waals surface area contributed by atoms with E-state index in [4.69, 9.17) is 4.74 Å². The van der Waals surface area contributed by atoms with Gasteiger partial charge in [0, 0.05) is 11.8 Å². The zero-order valence-corrected chi connectivity index (χ0v) is 17.0. The molecule has 1 aromatic heterocycles. The van der Waals surface area contributed by atoms with Crippen molar-refractivity contribution in [2.24, 2.45) is 0 Å². The molecule has 8 heteroatoms. The van der Waals surface area contributed by atoms with Gasteiger partial charge in [-0.1, -0.05) is 6.07 Å². The Bertz CT molecular complexity index is 805. The minimum Gasteiger partial charge on any atom is -0.497 e. The van der Waals surface area contributed by atoms with Crippen LogP contribution in [0.2, 0.25) is 0 Å². The summed E-state index contributed by atoms with van der Waals surface area (Å²) in [4.78, 5) is 33.0. The number of benzene rings is 1. The van der Waals surface area contributed by atoms with Gasteiger partial charge in [0.25, 0.3) is 17.6 Å². The van der Waals surface area contributed by atoms with Crippen LogP contribution in [0.4, 0.5) is 11.5 Å². The zero-order chi connectivity index (χ0) is 20.6. The number of aromatic amines is 1. The number of carbonyl (C=O) groups excluding carboxylic acids is 2. The molecule has 3 N–H and O–H groups in total. The van der Waals surface area contributed by atoms with Crippen molar-refractivity contribution < 1.29 is 24.2 Å². The van der Waals surface area contributed by atoms with E-state index in [9.17, 15) is 9.59 Å². The maximum Gasteiger partial charge on any atom is 0.279 e. The summed E-state index contributed by atoms with van der Waals surface area (Å²) in [5.41, 5.74) is 0.712. The number of nitrogens with zero attached hydrogens (tertiary/aromatic N) is 2. The maximum atomic E-state index is 12.6. The van der Waals surface area contributed by atoms with Gasteiger partial charge in [0.05, 0.1) is 33.4 Å². The van der Waals surface area contributed by atoms with E-state index in [-0.39, 0.29) is 18.4 Å². The molecule has 1 fully saturated rings. The average Bonchev–Trinajstić information content (AvgIpc) is 2.74. The third-order valence-electron chi connectivity index (χ3n) is 4.95. The highest BCUT2D eigenvalue weighted by molar-refractivity contribution is 5.91. The standard InChI is InChI=1S/C21H27N5O3/c1-24(15-20(27)23-17-6-8-18(29-2)9-7-17)16-21(28)26-13-11-25(12-14-26)19-5-3-4-10-22-19/h3-10H,11-16H2,1-2H3,(H,23,27)/p+2. The van der Waals surface area contributed by atoms with Crippen LogP contribution in [0, 0.1) is 0 Å². The summed E-state index contributed by atoms with van der Waals surface area (Å²) >= 11 is 0. The molecular formula is C21H29N5O3+2. The van der Waals surface area contributed by atoms with Crippen LogP contribution in [0.25, 0.3) is 0 Å². The van der Waals surface area contributed by atoms with Crippen LogP contribution >= 0.6 is 0 Å². The average molecular weight is 399 g/mol. The molecule has 1 saturated heterocycles. The summed E-state index contributed by atoms with van der Waals surface area (Å²) in [6.45, 7) is 3.50. The third kappa shape index (κ3) is 5.92. The van der Waals surface area contributed by atoms with Crippen molar-refractivity contribution in [1.82, 2.24) is 4.90 Å². The van der Waals surface area contributed by atoms with Gasteiger partial charge in [-0.15, -0.1) is 0 Å². The number of amides is 2. The Labute approximate surface area is 171 Å². The Morgan fingerprint density at radius 3 is 2.41 bits per heavy atom. The number of likely N-dealkylation sites (N-methyl/N-ethyl adjacent to an activating group) is 1. The maximum absolute atomic E-state index is 12.6. The van der Waals surface area contributed by atoms with E-state index in [1.165, 1.54) is 0 Å². The molecule has 2 heterocycles. The SMILES string of the molecule is COc1ccc(NC(=O)C[NH+](C)CC(=O)N2CCN(c3cccc[nH+]3)CC2)cc1. The first-order valence-electron chi connectivity index (χ1n) is 9.80. The van der Waals surface area contributed by atoms with Crippen LogP contribution in [0.15, 0.2) is 48.7 Å². The second-order valence-electron chi connectivity index (χ2n) is 7.20. The molecule has 1 atom stereocenters. The normalized spacial score (nSPS) is 15.0. The second kappa shape index (κ2) is 9.88. The molecule has 29 heavy (non-hydrogen) atoms. The number of H-pyrrole nitrogens is 1. The smallest absolute Gasteiger partial charge is 0.279 e. The van der Waals surface area contributed by atoms with Gasteiger partial charge in [-0.05, 0) is 30.3 Å². The molecule has 8 nitrogen and oxygen atoms in total. The molecule has 0 saturated carbocycles. The van der Waals surface area contributed by atoms with Gasteiger partial charge in [0.1, 0.15) is 18.8 Å². The van der Waals surface area contributed by atoms with Gasteiger partial charge in [0.2, 0.25) is 0 Å². The van der Waals surface area contributed by atoms with Crippen LogP contribution in [0.5, 0.6) is 5.75 Å². The van der Waals surface area contributed by atoms with Crippen molar-refractivity contribution in [1.29, 1.82) is 0 Å². The molecular weight excluding hydrogens is 370 g/mol. The minimum absolute atomic E-state index is 0.0800. The van der Waals surface area contributed by atoms with Crippen LogP contribution < -0.4 is 24.8 Å². The summed E-state index contributed by atoms with van der Waals surface area (Å²) in [7, 11) is 3.46. The summed E-state index contributed by atoms with van der Waals surface area (Å²) in [6.07, 6.45) is 1.90. The van der Waals surface area contributed by atoms with Crippen molar-refractivity contribution >= 4 is 23.3 Å². The van der Waals surface area contributed by atoms with Gasteiger partial charge in [-0.3, -0.25) is 14.5 Å². The van der Waals surface area contributed by atoms with Crippen molar-refractivity contribution in [3.8, 4) is 5.75 Å². The fraction of sp³-hybridized carbons (Fsp3) is 0.381. The molecule has 154 valence electrons. The quantitative estimate of drug-likeness (QED) is 0.646. The lowest BCUT2D eigenvalue weighted by molar-refractivity contribution is -0.862. The molecule has 0 bridgehead atoms. The van der Waals surface area contributed by atoms with E-state index in [1.807, 2.05) is 36.3 Å². The zero-order valence-electron chi connectivity index (χ0n) is 17.0. The Hall–Kier alpha value is -3.13. The number of rotatable bonds is 7. The van der Waals surface area contributed by atoms with E-state index in [0.717, 1.165) is 29.6 Å². The Balaban J connectivity index is 1.41. The van der Waals surface area contributed by atoms with Crippen LogP contribution in [-0.2, 0) is 9.59 Å². The molecule has 3 rings (SSSR count). The number of aromatic nitrogens is 1. The van der Waals surface area contributed by atoms with E-state index in [0.29, 0.717) is 25.3 Å². The van der Waals surface area contributed by atoms with Crippen LogP contribution in [0.3, 0.4) is 0 Å². The number of piperazine rings is 1. The highest BCUT2D eigenvalue weighted by Gasteiger charge is 2.27. The van der Waals surface area contributed by atoms with E-state index in [1.54, 1.807) is 31.4 Å². The number of pyridine rings is 1. The molecule has 1 unspecified atom stereocenters. The molecule has 1 aliphatic heterocycles. The third-order valence-corrected chi connectivity index (χ3v) is 4.95. The van der Waals surface area contributed by atoms with Crippen molar-refractivity contribution in [2.45, 2.75) is 0 Å². The number of quaternary nitrogens is 1. The minimum atomic E-state index is -0.120. The molecule has 1 aliphatic rings. The van der Waals surface area contributed by atoms with Gasteiger partial charge in [-0.25, -0.2) is 4.98 Å². The number of nitrogens with one attached hydrogen (secondary N) is 3. The summed E-state index contributed by atoms with van der Waals surface area (Å²) in [5.74, 6) is 1.76. The second-order valence-corrected chi connectivity index (χ2v) is 7.20. The largest absolute Gasteiger partial charge is 0.497 e. The Morgan fingerprint density at radius 2 is 1.79 bits per heavy atom. The highest BCUT2D eigenvalue weighted by Crippen LogP contribution is 2.14. The van der Waals surface area contributed by atoms with Gasteiger partial charge >= 0.3 is 0 Å². The van der Waals surface area contributed by atoms with Crippen molar-refractivity contribution in [3.05, 3.63) is 48.7 Å². The number of anilines is 2. The summed E-state index contributed by atoms with van der Waals surface area (Å²) in [6, 6.07) is 13.2. The topological polar surface area (TPSA) is 80.5 Å². The van der Waals surface area contributed by atoms with Gasteiger partial charge in [-0.2, -0.15) is 0 Å². The lowest BCUT2D eigenvalue weighted by Gasteiger charge is -2.31. The van der Waals surface area contributed by atoms with Crippen molar-refractivity contribution in [3.63, 3.8) is 0 Å². The Morgan fingerprint density at radius 1 is 1.07 bits per heavy atom. The molecule has 2 amide bonds. The van der Waals surface area contributed by atoms with E-state index in [2.05, 4.69) is 15.2 Å². The van der Waals surface area contributed by atoms with Crippen LogP contribution in [0.1, 0.15) is 0 Å². The first-order valence-corrected chi connectivity index (χ1v) is 9.80. The predicted octanol–water partition coefficient (Wildman–Crippen LogP) is -0.689. The van der Waals surface area contributed by atoms with E-state index < -0.39 is 0 Å². The number of hydrogen-bond acceptors (Lipinski definition) is 4. The first kappa shape index (κ1) is 20.6. The molecule has 1 aromatic carbocycles. The summed E-state index contributed by atoms with van der Waals surface area (Å²) in [5, 5.41) is 2.85. The number of ether oxygens (including phenoxy) is 1. The molecule has 0 aliphatic carbocycles. The number of hydrogen-bond donors (Lipinski definition) is 2. The fourth-order valence-corrected chi connectivity index (χ4v) is 3.36. The Kier molecular flexibility index (Phi) is 7.02.